The van der Waals surface area contributed by atoms with Crippen LogP contribution in [0.5, 0.6) is 0 Å². The van der Waals surface area contributed by atoms with Crippen molar-refractivity contribution in [1.82, 2.24) is 0 Å². The largest absolute Gasteiger partial charge is 0.451 e. The van der Waals surface area contributed by atoms with Crippen LogP contribution in [0.3, 0.4) is 0 Å². The van der Waals surface area contributed by atoms with E-state index in [1.54, 1.807) is 18.2 Å². The lowest BCUT2D eigenvalue weighted by atomic mass is 9.68. The normalized spacial score (nSPS) is 17.9. The third-order valence-corrected chi connectivity index (χ3v) is 6.41. The summed E-state index contributed by atoms with van der Waals surface area (Å²) in [5.41, 5.74) is 8.74. The van der Waals surface area contributed by atoms with Gasteiger partial charge in [-0.2, -0.15) is 9.59 Å². The highest BCUT2D eigenvalue weighted by Crippen LogP contribution is 2.39. The molecular weight excluding hydrogens is 427 g/mol. The Labute approximate surface area is 194 Å². The molecule has 0 bridgehead atoms. The molecule has 8 heteroatoms. The van der Waals surface area contributed by atoms with E-state index in [0.717, 1.165) is 56.1 Å². The lowest BCUT2D eigenvalue weighted by molar-refractivity contribution is -0.191. The van der Waals surface area contributed by atoms with E-state index in [9.17, 15) is 8.78 Å². The molecule has 1 aliphatic rings. The third kappa shape index (κ3) is 8.48. The van der Waals surface area contributed by atoms with Crippen LogP contribution in [0.25, 0.3) is 11.1 Å². The maximum Gasteiger partial charge on any atom is 0.451 e. The standard InChI is InChI=1S/C24H32BF2NO2.CO2/c1-16-5-10-22(26)21(12-16)20-9-8-17(15-23(20)27)6-7-18-13-19(14-18)24(28)4-2-3-11-25(29)30;2-1-3/h5,8-10,12,15,18-19,24,29-30H,2-4,6-7,11,13-14,28H2,1H3;. The number of unbranched alkanes of at least 4 members (excludes halogenated alkanes) is 1. The number of nitrogens with two attached hydrogens (primary N) is 1. The first-order valence-electron chi connectivity index (χ1n) is 11.4. The third-order valence-electron chi connectivity index (χ3n) is 6.41. The quantitative estimate of drug-likeness (QED) is 0.364. The van der Waals surface area contributed by atoms with Crippen molar-refractivity contribution in [1.29, 1.82) is 0 Å². The minimum Gasteiger partial charge on any atom is -0.427 e. The van der Waals surface area contributed by atoms with E-state index in [0.29, 0.717) is 29.3 Å². The fourth-order valence-electron chi connectivity index (χ4n) is 4.46. The molecule has 0 spiro atoms. The number of aryl methyl sites for hydroxylation is 2. The molecule has 2 aromatic carbocycles. The van der Waals surface area contributed by atoms with Gasteiger partial charge in [0, 0.05) is 17.2 Å². The van der Waals surface area contributed by atoms with Crippen LogP contribution in [0.4, 0.5) is 8.78 Å². The van der Waals surface area contributed by atoms with Gasteiger partial charge in [-0.15, -0.1) is 0 Å². The number of carbonyl (C=O) groups excluding carboxylic acids is 2. The topological polar surface area (TPSA) is 101 Å². The Balaban J connectivity index is 0.00000122. The molecule has 5 nitrogen and oxygen atoms in total. The monoisotopic (exact) mass is 459 g/mol. The summed E-state index contributed by atoms with van der Waals surface area (Å²) in [6, 6.07) is 10.0. The highest BCUT2D eigenvalue weighted by molar-refractivity contribution is 6.40. The Bertz CT molecular complexity index is 929. The Morgan fingerprint density at radius 3 is 2.39 bits per heavy atom. The summed E-state index contributed by atoms with van der Waals surface area (Å²) >= 11 is 0. The molecule has 0 saturated heterocycles. The van der Waals surface area contributed by atoms with Crippen LogP contribution >= 0.6 is 0 Å². The van der Waals surface area contributed by atoms with E-state index in [1.807, 2.05) is 13.0 Å². The molecule has 0 aliphatic heterocycles. The van der Waals surface area contributed by atoms with Crippen molar-refractivity contribution in [2.75, 3.05) is 0 Å². The first-order valence-corrected chi connectivity index (χ1v) is 11.4. The molecule has 1 saturated carbocycles. The smallest absolute Gasteiger partial charge is 0.427 e. The van der Waals surface area contributed by atoms with Crippen molar-refractivity contribution in [2.45, 2.75) is 64.2 Å². The SMILES string of the molecule is Cc1ccc(F)c(-c2ccc(CCC3CC(C(N)CCCCB(O)O)C3)cc2F)c1.O=C=O. The van der Waals surface area contributed by atoms with Crippen molar-refractivity contribution >= 4 is 13.3 Å². The van der Waals surface area contributed by atoms with Gasteiger partial charge in [-0.25, -0.2) is 8.78 Å². The van der Waals surface area contributed by atoms with Crippen LogP contribution < -0.4 is 5.73 Å². The van der Waals surface area contributed by atoms with Crippen LogP contribution in [0.2, 0.25) is 6.32 Å². The van der Waals surface area contributed by atoms with Crippen molar-refractivity contribution in [3.8, 4) is 11.1 Å². The summed E-state index contributed by atoms with van der Waals surface area (Å²) < 4.78 is 28.7. The molecule has 178 valence electrons. The maximum atomic E-state index is 14.6. The van der Waals surface area contributed by atoms with Crippen LogP contribution in [0, 0.1) is 30.4 Å². The molecule has 33 heavy (non-hydrogen) atoms. The van der Waals surface area contributed by atoms with Crippen LogP contribution in [-0.4, -0.2) is 29.4 Å². The summed E-state index contributed by atoms with van der Waals surface area (Å²) in [4.78, 5) is 16.2. The van der Waals surface area contributed by atoms with E-state index in [4.69, 9.17) is 25.4 Å². The van der Waals surface area contributed by atoms with E-state index in [2.05, 4.69) is 0 Å². The first-order chi connectivity index (χ1) is 15.7. The molecule has 0 radical (unpaired) electrons. The Morgan fingerprint density at radius 1 is 1.06 bits per heavy atom. The van der Waals surface area contributed by atoms with E-state index >= 15 is 0 Å². The molecule has 1 aliphatic carbocycles. The van der Waals surface area contributed by atoms with Gasteiger partial charge in [-0.1, -0.05) is 36.6 Å². The highest BCUT2D eigenvalue weighted by Gasteiger charge is 2.32. The van der Waals surface area contributed by atoms with Gasteiger partial charge >= 0.3 is 13.3 Å². The van der Waals surface area contributed by atoms with Gasteiger partial charge in [0.05, 0.1) is 0 Å². The van der Waals surface area contributed by atoms with Crippen molar-refractivity contribution in [2.24, 2.45) is 17.6 Å². The summed E-state index contributed by atoms with van der Waals surface area (Å²) in [6.45, 7) is 1.87. The molecule has 1 atom stereocenters. The zero-order valence-electron chi connectivity index (χ0n) is 19.0. The van der Waals surface area contributed by atoms with Gasteiger partial charge in [0.15, 0.2) is 0 Å². The molecule has 2 aromatic rings. The predicted molar refractivity (Wildman–Crippen MR) is 123 cm³/mol. The van der Waals surface area contributed by atoms with Crippen LogP contribution in [0.1, 0.15) is 49.7 Å². The van der Waals surface area contributed by atoms with Gasteiger partial charge in [-0.3, -0.25) is 0 Å². The second-order valence-corrected chi connectivity index (χ2v) is 8.95. The lowest BCUT2D eigenvalue weighted by Crippen LogP contribution is -2.39. The minimum absolute atomic E-state index is 0.179. The Hall–Kier alpha value is -2.38. The van der Waals surface area contributed by atoms with Crippen molar-refractivity contribution in [3.63, 3.8) is 0 Å². The predicted octanol–water partition coefficient (Wildman–Crippen LogP) is 4.29. The van der Waals surface area contributed by atoms with Crippen LogP contribution in [-0.2, 0) is 16.0 Å². The van der Waals surface area contributed by atoms with Gasteiger partial charge in [0.2, 0.25) is 0 Å². The molecule has 0 aromatic heterocycles. The molecule has 4 N–H and O–H groups in total. The minimum atomic E-state index is -1.22. The van der Waals surface area contributed by atoms with E-state index in [-0.39, 0.29) is 18.0 Å². The second-order valence-electron chi connectivity index (χ2n) is 8.95. The van der Waals surface area contributed by atoms with Gasteiger partial charge in [0.1, 0.15) is 11.6 Å². The number of rotatable bonds is 10. The Morgan fingerprint density at radius 2 is 1.76 bits per heavy atom. The lowest BCUT2D eigenvalue weighted by Gasteiger charge is -2.39. The molecule has 1 fully saturated rings. The summed E-state index contributed by atoms with van der Waals surface area (Å²) in [7, 11) is -1.22. The number of halogens is 2. The second kappa shape index (κ2) is 13.4. The molecular formula is C25H32BF2NO4. The average molecular weight is 459 g/mol. The highest BCUT2D eigenvalue weighted by atomic mass is 19.1. The van der Waals surface area contributed by atoms with Crippen molar-refractivity contribution in [3.05, 3.63) is 59.2 Å². The summed E-state index contributed by atoms with van der Waals surface area (Å²) in [5, 5.41) is 17.7. The number of benzene rings is 2. The summed E-state index contributed by atoms with van der Waals surface area (Å²) in [6.07, 6.45) is 7.34. The average Bonchev–Trinajstić information content (AvgIpc) is 2.72. The zero-order valence-corrected chi connectivity index (χ0v) is 19.0. The van der Waals surface area contributed by atoms with E-state index in [1.165, 1.54) is 12.1 Å². The van der Waals surface area contributed by atoms with Gasteiger partial charge < -0.3 is 15.8 Å². The molecule has 0 heterocycles. The maximum absolute atomic E-state index is 14.6. The van der Waals surface area contributed by atoms with Gasteiger partial charge in [-0.05, 0) is 80.9 Å². The summed E-state index contributed by atoms with van der Waals surface area (Å²) in [5.74, 6) is 0.380. The zero-order chi connectivity index (χ0) is 24.4. The Kier molecular flexibility index (Phi) is 10.9. The number of hydrogen-bond acceptors (Lipinski definition) is 5. The molecule has 1 unspecified atom stereocenters. The van der Waals surface area contributed by atoms with E-state index < -0.39 is 12.9 Å². The fraction of sp³-hybridized carbons (Fsp3) is 0.480. The van der Waals surface area contributed by atoms with Gasteiger partial charge in [0.25, 0.3) is 0 Å². The van der Waals surface area contributed by atoms with Crippen LogP contribution in [0.15, 0.2) is 36.4 Å². The number of hydrogen-bond donors (Lipinski definition) is 3. The molecule has 3 rings (SSSR count). The molecule has 0 amide bonds. The fourth-order valence-corrected chi connectivity index (χ4v) is 4.46. The van der Waals surface area contributed by atoms with Crippen molar-refractivity contribution < 1.29 is 28.4 Å². The first kappa shape index (κ1) is 26.9.